The van der Waals surface area contributed by atoms with E-state index in [1.807, 2.05) is 28.1 Å². The molecular weight excluding hydrogens is 442 g/mol. The summed E-state index contributed by atoms with van der Waals surface area (Å²) in [4.78, 5) is 15.3. The molecule has 0 fully saturated rings. The summed E-state index contributed by atoms with van der Waals surface area (Å²) in [6.07, 6.45) is 0. The zero-order valence-electron chi connectivity index (χ0n) is 11.6. The number of methoxy groups -OCH3 is 1. The van der Waals surface area contributed by atoms with Crippen LogP contribution >= 0.6 is 34.4 Å². The number of halogens is 2. The van der Waals surface area contributed by atoms with Crippen LogP contribution in [-0.2, 0) is 9.53 Å². The van der Waals surface area contributed by atoms with Gasteiger partial charge in [-0.15, -0.1) is 0 Å². The number of benzene rings is 1. The Bertz CT molecular complexity index is 740. The third-order valence-corrected chi connectivity index (χ3v) is 4.24. The molecule has 0 saturated carbocycles. The lowest BCUT2D eigenvalue weighted by Gasteiger charge is -2.03. The Morgan fingerprint density at radius 1 is 1.57 bits per heavy atom. The van der Waals surface area contributed by atoms with Crippen LogP contribution in [-0.4, -0.2) is 40.2 Å². The number of ether oxygens (including phenoxy) is 1. The highest BCUT2D eigenvalue weighted by molar-refractivity contribution is 14.1. The Balaban J connectivity index is 2.27. The molecule has 23 heavy (non-hydrogen) atoms. The van der Waals surface area contributed by atoms with Gasteiger partial charge in [0.25, 0.3) is 0 Å². The van der Waals surface area contributed by atoms with E-state index < -0.39 is 5.97 Å². The topological polar surface area (TPSA) is 110 Å². The number of carbonyl (C=O) groups is 1. The van der Waals surface area contributed by atoms with E-state index in [2.05, 4.69) is 24.7 Å². The van der Waals surface area contributed by atoms with Gasteiger partial charge >= 0.3 is 5.97 Å². The number of aromatic nitrogens is 2. The summed E-state index contributed by atoms with van der Waals surface area (Å²) in [5.74, 6) is -0.890. The van der Waals surface area contributed by atoms with Crippen LogP contribution in [0.1, 0.15) is 5.69 Å². The molecule has 0 amide bonds. The number of hydrogen-bond acceptors (Lipinski definition) is 8. The Hall–Kier alpha value is -1.73. The minimum atomic E-state index is -0.451. The number of nitrogens with zero attached hydrogens (tertiary/aromatic N) is 3. The molecule has 1 aromatic carbocycles. The second-order valence-corrected chi connectivity index (χ2v) is 6.08. The molecule has 0 spiro atoms. The summed E-state index contributed by atoms with van der Waals surface area (Å²) in [7, 11) is 1.27. The average Bonchev–Trinajstić information content (AvgIpc) is 3.01. The number of nitrogens with one attached hydrogen (secondary N) is 1. The Labute approximate surface area is 147 Å². The molecule has 0 saturated heterocycles. The summed E-state index contributed by atoms with van der Waals surface area (Å²) in [5, 5.41) is 16.8. The van der Waals surface area contributed by atoms with Crippen LogP contribution in [0.4, 0.5) is 10.1 Å². The molecule has 0 unspecified atom stereocenters. The fourth-order valence-electron chi connectivity index (χ4n) is 1.42. The van der Waals surface area contributed by atoms with Crippen molar-refractivity contribution in [2.45, 2.75) is 5.03 Å². The van der Waals surface area contributed by atoms with E-state index in [0.717, 1.165) is 11.8 Å². The summed E-state index contributed by atoms with van der Waals surface area (Å²) < 4.78 is 22.8. The van der Waals surface area contributed by atoms with Gasteiger partial charge in [0.15, 0.2) is 16.6 Å². The largest absolute Gasteiger partial charge is 0.468 e. The molecule has 2 N–H and O–H groups in total. The van der Waals surface area contributed by atoms with Gasteiger partial charge in [0.05, 0.1) is 22.1 Å². The maximum atomic E-state index is 13.3. The lowest BCUT2D eigenvalue weighted by molar-refractivity contribution is -0.137. The quantitative estimate of drug-likeness (QED) is 0.177. The van der Waals surface area contributed by atoms with Crippen molar-refractivity contribution < 1.29 is 23.8 Å². The van der Waals surface area contributed by atoms with Crippen LogP contribution < -0.4 is 5.48 Å². The SMILES string of the molecule is COC(=O)CSc1nonc1C(=Nc1ccc(F)c(I)c1)NO. The Kier molecular flexibility index (Phi) is 6.29. The van der Waals surface area contributed by atoms with Crippen molar-refractivity contribution in [3.63, 3.8) is 0 Å². The summed E-state index contributed by atoms with van der Waals surface area (Å²) in [6.45, 7) is 0. The number of hydrogen-bond donors (Lipinski definition) is 2. The van der Waals surface area contributed by atoms with Crippen LogP contribution in [0, 0.1) is 9.39 Å². The number of esters is 1. The Morgan fingerprint density at radius 2 is 2.35 bits per heavy atom. The molecule has 0 bridgehead atoms. The van der Waals surface area contributed by atoms with Crippen LogP contribution in [0.5, 0.6) is 0 Å². The van der Waals surface area contributed by atoms with Gasteiger partial charge in [-0.2, -0.15) is 0 Å². The molecule has 11 heteroatoms. The van der Waals surface area contributed by atoms with E-state index in [0.29, 0.717) is 9.26 Å². The van der Waals surface area contributed by atoms with Crippen molar-refractivity contribution >= 4 is 51.8 Å². The zero-order chi connectivity index (χ0) is 16.8. The summed E-state index contributed by atoms with van der Waals surface area (Å²) >= 11 is 2.84. The summed E-state index contributed by atoms with van der Waals surface area (Å²) in [6, 6.07) is 4.18. The number of aliphatic imine (C=N–C) groups is 1. The molecule has 1 heterocycles. The molecule has 0 atom stereocenters. The number of thioether (sulfide) groups is 1. The monoisotopic (exact) mass is 452 g/mol. The first-order valence-corrected chi connectivity index (χ1v) is 8.08. The third-order valence-electron chi connectivity index (χ3n) is 2.49. The summed E-state index contributed by atoms with van der Waals surface area (Å²) in [5.41, 5.74) is 2.39. The standard InChI is InChI=1S/C12H10FIN4O4S/c1-21-9(19)5-23-12-10(17-22-18-12)11(16-20)15-6-2-3-7(13)8(14)4-6/h2-4,20H,5H2,1H3,(H,15,16). The minimum absolute atomic E-state index is 0.00906. The molecule has 0 radical (unpaired) electrons. The van der Waals surface area contributed by atoms with Crippen molar-refractivity contribution in [3.05, 3.63) is 33.3 Å². The lowest BCUT2D eigenvalue weighted by atomic mass is 10.3. The average molecular weight is 452 g/mol. The van der Waals surface area contributed by atoms with Gasteiger partial charge in [-0.1, -0.05) is 11.8 Å². The maximum absolute atomic E-state index is 13.3. The zero-order valence-corrected chi connectivity index (χ0v) is 14.6. The second-order valence-electron chi connectivity index (χ2n) is 3.95. The first kappa shape index (κ1) is 17.6. The number of hydroxylamine groups is 1. The van der Waals surface area contributed by atoms with Crippen molar-refractivity contribution in [2.75, 3.05) is 12.9 Å². The molecule has 0 aliphatic heterocycles. The minimum Gasteiger partial charge on any atom is -0.468 e. The van der Waals surface area contributed by atoms with Gasteiger partial charge in [-0.25, -0.2) is 14.0 Å². The smallest absolute Gasteiger partial charge is 0.316 e. The molecule has 0 aliphatic carbocycles. The lowest BCUT2D eigenvalue weighted by Crippen LogP contribution is -2.21. The van der Waals surface area contributed by atoms with E-state index in [9.17, 15) is 14.4 Å². The van der Waals surface area contributed by atoms with Crippen molar-refractivity contribution in [2.24, 2.45) is 4.99 Å². The highest BCUT2D eigenvalue weighted by atomic mass is 127. The van der Waals surface area contributed by atoms with E-state index in [1.54, 1.807) is 0 Å². The number of amidine groups is 1. The van der Waals surface area contributed by atoms with Gasteiger partial charge in [0, 0.05) is 0 Å². The van der Waals surface area contributed by atoms with E-state index in [-0.39, 0.29) is 28.1 Å². The van der Waals surface area contributed by atoms with E-state index >= 15 is 0 Å². The molecule has 2 rings (SSSR count). The number of rotatable bonds is 5. The predicted molar refractivity (Wildman–Crippen MR) is 87.3 cm³/mol. The predicted octanol–water partition coefficient (Wildman–Crippen LogP) is 2.14. The van der Waals surface area contributed by atoms with Gasteiger partial charge in [0.2, 0.25) is 0 Å². The molecule has 8 nitrogen and oxygen atoms in total. The molecular formula is C12H10FIN4O4S. The highest BCUT2D eigenvalue weighted by Gasteiger charge is 2.18. The third kappa shape index (κ3) is 4.62. The van der Waals surface area contributed by atoms with Crippen LogP contribution in [0.2, 0.25) is 0 Å². The molecule has 122 valence electrons. The molecule has 1 aromatic heterocycles. The second kappa shape index (κ2) is 8.21. The first-order chi connectivity index (χ1) is 11.0. The maximum Gasteiger partial charge on any atom is 0.316 e. The van der Waals surface area contributed by atoms with E-state index in [4.69, 9.17) is 0 Å². The first-order valence-electron chi connectivity index (χ1n) is 6.01. The normalized spacial score (nSPS) is 11.4. The van der Waals surface area contributed by atoms with Gasteiger partial charge in [-0.05, 0) is 51.1 Å². The van der Waals surface area contributed by atoms with Gasteiger partial charge in [0.1, 0.15) is 5.82 Å². The van der Waals surface area contributed by atoms with Crippen molar-refractivity contribution in [1.82, 2.24) is 15.8 Å². The fraction of sp³-hybridized carbons (Fsp3) is 0.167. The van der Waals surface area contributed by atoms with Gasteiger partial charge < -0.3 is 4.74 Å². The fourth-order valence-corrected chi connectivity index (χ4v) is 2.65. The van der Waals surface area contributed by atoms with Crippen LogP contribution in [0.15, 0.2) is 32.8 Å². The molecule has 0 aliphatic rings. The van der Waals surface area contributed by atoms with Crippen LogP contribution in [0.3, 0.4) is 0 Å². The number of carbonyl (C=O) groups excluding carboxylic acids is 1. The van der Waals surface area contributed by atoms with Gasteiger partial charge in [-0.3, -0.25) is 15.5 Å². The molecule has 2 aromatic rings. The highest BCUT2D eigenvalue weighted by Crippen LogP contribution is 2.23. The van der Waals surface area contributed by atoms with Crippen LogP contribution in [0.25, 0.3) is 0 Å². The van der Waals surface area contributed by atoms with E-state index in [1.165, 1.54) is 25.3 Å². The Morgan fingerprint density at radius 3 is 3.00 bits per heavy atom. The van der Waals surface area contributed by atoms with Crippen molar-refractivity contribution in [3.8, 4) is 0 Å². The van der Waals surface area contributed by atoms with Crippen molar-refractivity contribution in [1.29, 1.82) is 0 Å².